The Balaban J connectivity index is 1.85. The van der Waals surface area contributed by atoms with Crippen LogP contribution in [-0.2, 0) is 40.5 Å². The molecule has 2 aromatic heterocycles. The first-order chi connectivity index (χ1) is 13.1. The number of carboxylic acid groups (broad SMARTS) is 1. The molecule has 152 valence electrons. The van der Waals surface area contributed by atoms with Crippen LogP contribution >= 0.6 is 0 Å². The molecule has 0 unspecified atom stereocenters. The van der Waals surface area contributed by atoms with E-state index in [0.29, 0.717) is 11.4 Å². The van der Waals surface area contributed by atoms with E-state index in [0.717, 1.165) is 0 Å². The summed E-state index contributed by atoms with van der Waals surface area (Å²) in [6.07, 6.45) is 2.20. The fourth-order valence-electron chi connectivity index (χ4n) is 2.08. The van der Waals surface area contributed by atoms with Crippen LogP contribution < -0.4 is 10.6 Å². The van der Waals surface area contributed by atoms with Gasteiger partial charge in [-0.1, -0.05) is 10.4 Å². The van der Waals surface area contributed by atoms with E-state index in [-0.39, 0.29) is 32.1 Å². The van der Waals surface area contributed by atoms with Gasteiger partial charge in [0.2, 0.25) is 5.91 Å². The van der Waals surface area contributed by atoms with Gasteiger partial charge in [0.1, 0.15) is 18.7 Å². The molecule has 0 radical (unpaired) electrons. The van der Waals surface area contributed by atoms with E-state index in [1.165, 1.54) is 21.8 Å². The van der Waals surface area contributed by atoms with Crippen LogP contribution in [0.15, 0.2) is 12.4 Å². The van der Waals surface area contributed by atoms with Crippen LogP contribution in [0, 0.1) is 0 Å². The molecule has 2 rings (SSSR count). The van der Waals surface area contributed by atoms with Gasteiger partial charge in [-0.25, -0.2) is 14.2 Å². The van der Waals surface area contributed by atoms with E-state index in [2.05, 4.69) is 31.3 Å². The van der Waals surface area contributed by atoms with Gasteiger partial charge in [-0.15, -0.1) is 10.2 Å². The topological polar surface area (TPSA) is 166 Å². The number of nitrogens with zero attached hydrogens (tertiary/aromatic N) is 6. The number of carboxylic acids is 1. The number of alkyl carbamates (subject to hydrolysis) is 1. The average molecular weight is 394 g/mol. The van der Waals surface area contributed by atoms with Gasteiger partial charge < -0.3 is 20.5 Å². The van der Waals surface area contributed by atoms with E-state index < -0.39 is 17.7 Å². The van der Waals surface area contributed by atoms with E-state index in [1.54, 1.807) is 20.8 Å². The number of aliphatic carboxylic acids is 1. The third kappa shape index (κ3) is 6.66. The third-order valence-corrected chi connectivity index (χ3v) is 3.25. The number of ether oxygens (including phenoxy) is 1. The van der Waals surface area contributed by atoms with Crippen molar-refractivity contribution in [3.8, 4) is 0 Å². The van der Waals surface area contributed by atoms with E-state index >= 15 is 0 Å². The van der Waals surface area contributed by atoms with Crippen LogP contribution in [0.5, 0.6) is 0 Å². The van der Waals surface area contributed by atoms with Crippen molar-refractivity contribution < 1.29 is 24.2 Å². The summed E-state index contributed by atoms with van der Waals surface area (Å²) < 4.78 is 7.65. The Morgan fingerprint density at radius 3 is 2.07 bits per heavy atom. The van der Waals surface area contributed by atoms with Crippen LogP contribution in [0.25, 0.3) is 0 Å². The fourth-order valence-corrected chi connectivity index (χ4v) is 2.08. The van der Waals surface area contributed by atoms with Crippen molar-refractivity contribution >= 4 is 18.0 Å². The predicted octanol–water partition coefficient (Wildman–Crippen LogP) is -0.705. The molecule has 0 bridgehead atoms. The highest BCUT2D eigenvalue weighted by Crippen LogP contribution is 2.07. The van der Waals surface area contributed by atoms with E-state index in [1.807, 2.05) is 0 Å². The Labute approximate surface area is 160 Å². The number of rotatable bonds is 8. The molecule has 2 amide bonds. The molecule has 2 heterocycles. The van der Waals surface area contributed by atoms with Crippen molar-refractivity contribution in [1.29, 1.82) is 0 Å². The Morgan fingerprint density at radius 1 is 1.00 bits per heavy atom. The van der Waals surface area contributed by atoms with Crippen molar-refractivity contribution in [2.45, 2.75) is 52.6 Å². The zero-order valence-electron chi connectivity index (χ0n) is 15.7. The predicted molar refractivity (Wildman–Crippen MR) is 92.6 cm³/mol. The van der Waals surface area contributed by atoms with Crippen LogP contribution in [0.2, 0.25) is 0 Å². The molecule has 13 nitrogen and oxygen atoms in total. The van der Waals surface area contributed by atoms with Crippen molar-refractivity contribution in [2.24, 2.45) is 0 Å². The SMILES string of the molecule is CC(C)(C)OC(=O)NCc1cnnn1CC(=O)NCc1cnnn1CC(=O)O. The molecule has 0 spiro atoms. The number of hydrogen-bond donors (Lipinski definition) is 3. The smallest absolute Gasteiger partial charge is 0.407 e. The Hall–Kier alpha value is -3.51. The molecule has 0 saturated carbocycles. The summed E-state index contributed by atoms with van der Waals surface area (Å²) in [4.78, 5) is 34.6. The van der Waals surface area contributed by atoms with Crippen molar-refractivity contribution in [2.75, 3.05) is 0 Å². The maximum absolute atomic E-state index is 12.1. The third-order valence-electron chi connectivity index (χ3n) is 3.25. The summed E-state index contributed by atoms with van der Waals surface area (Å²) in [5.74, 6) is -1.45. The molecular formula is C15H22N8O5. The second-order valence-corrected chi connectivity index (χ2v) is 6.79. The van der Waals surface area contributed by atoms with E-state index in [9.17, 15) is 14.4 Å². The van der Waals surface area contributed by atoms with Gasteiger partial charge in [0.15, 0.2) is 0 Å². The number of carbonyl (C=O) groups is 3. The van der Waals surface area contributed by atoms with Gasteiger partial charge in [0, 0.05) is 0 Å². The highest BCUT2D eigenvalue weighted by Gasteiger charge is 2.17. The number of amides is 2. The average Bonchev–Trinajstić information content (AvgIpc) is 3.18. The number of hydrogen-bond acceptors (Lipinski definition) is 8. The van der Waals surface area contributed by atoms with Crippen LogP contribution in [0.3, 0.4) is 0 Å². The molecule has 2 aromatic rings. The van der Waals surface area contributed by atoms with Crippen molar-refractivity contribution in [3.63, 3.8) is 0 Å². The molecule has 13 heteroatoms. The minimum absolute atomic E-state index is 0.0549. The molecule has 0 aliphatic carbocycles. The highest BCUT2D eigenvalue weighted by atomic mass is 16.6. The van der Waals surface area contributed by atoms with Gasteiger partial charge in [-0.3, -0.25) is 9.59 Å². The van der Waals surface area contributed by atoms with Crippen LogP contribution in [0.1, 0.15) is 32.2 Å². The number of nitrogens with one attached hydrogen (secondary N) is 2. The summed E-state index contributed by atoms with van der Waals surface area (Å²) in [6.45, 7) is 4.91. The lowest BCUT2D eigenvalue weighted by Crippen LogP contribution is -2.33. The van der Waals surface area contributed by atoms with Crippen molar-refractivity contribution in [1.82, 2.24) is 40.6 Å². The lowest BCUT2D eigenvalue weighted by Gasteiger charge is -2.19. The van der Waals surface area contributed by atoms with E-state index in [4.69, 9.17) is 9.84 Å². The largest absolute Gasteiger partial charge is 0.480 e. The normalized spacial score (nSPS) is 11.1. The molecule has 0 aliphatic rings. The Morgan fingerprint density at radius 2 is 1.54 bits per heavy atom. The second kappa shape index (κ2) is 8.92. The van der Waals surface area contributed by atoms with Gasteiger partial charge in [-0.05, 0) is 20.8 Å². The first-order valence-corrected chi connectivity index (χ1v) is 8.34. The molecule has 0 aliphatic heterocycles. The first-order valence-electron chi connectivity index (χ1n) is 8.34. The van der Waals surface area contributed by atoms with Gasteiger partial charge in [0.05, 0.1) is 36.9 Å². The lowest BCUT2D eigenvalue weighted by atomic mass is 10.2. The summed E-state index contributed by atoms with van der Waals surface area (Å²) in [5, 5.41) is 28.8. The standard InChI is InChI=1S/C15H22N8O5/c1-15(2,3)28-14(27)17-5-11-7-18-20-22(11)8-12(24)16-4-10-6-19-21-23(10)9-13(25)26/h6-7H,4-5,8-9H2,1-3H3,(H,16,24)(H,17,27)(H,25,26). The molecular weight excluding hydrogens is 372 g/mol. The summed E-state index contributed by atoms with van der Waals surface area (Å²) in [6, 6.07) is 0. The molecule has 3 N–H and O–H groups in total. The summed E-state index contributed by atoms with van der Waals surface area (Å²) in [7, 11) is 0. The van der Waals surface area contributed by atoms with Crippen molar-refractivity contribution in [3.05, 3.63) is 23.8 Å². The molecule has 0 fully saturated rings. The zero-order chi connectivity index (χ0) is 20.7. The van der Waals surface area contributed by atoms with Gasteiger partial charge in [0.25, 0.3) is 0 Å². The molecule has 0 atom stereocenters. The zero-order valence-corrected chi connectivity index (χ0v) is 15.7. The summed E-state index contributed by atoms with van der Waals surface area (Å²) >= 11 is 0. The maximum Gasteiger partial charge on any atom is 0.407 e. The Kier molecular flexibility index (Phi) is 6.63. The van der Waals surface area contributed by atoms with Crippen LogP contribution in [0.4, 0.5) is 4.79 Å². The highest BCUT2D eigenvalue weighted by molar-refractivity contribution is 5.75. The van der Waals surface area contributed by atoms with Crippen LogP contribution in [-0.4, -0.2) is 58.7 Å². The summed E-state index contributed by atoms with van der Waals surface area (Å²) in [5.41, 5.74) is 0.338. The fraction of sp³-hybridized carbons (Fsp3) is 0.533. The second-order valence-electron chi connectivity index (χ2n) is 6.79. The Bertz CT molecular complexity index is 838. The molecule has 0 aromatic carbocycles. The number of carbonyl (C=O) groups excluding carboxylic acids is 2. The quantitative estimate of drug-likeness (QED) is 0.524. The number of aromatic nitrogens is 6. The van der Waals surface area contributed by atoms with Gasteiger partial charge >= 0.3 is 12.1 Å². The molecule has 28 heavy (non-hydrogen) atoms. The molecule has 0 saturated heterocycles. The minimum Gasteiger partial charge on any atom is -0.480 e. The lowest BCUT2D eigenvalue weighted by molar-refractivity contribution is -0.138. The monoisotopic (exact) mass is 394 g/mol. The maximum atomic E-state index is 12.1. The first kappa shape index (κ1) is 20.8. The minimum atomic E-state index is -1.07. The van der Waals surface area contributed by atoms with Gasteiger partial charge in [-0.2, -0.15) is 0 Å².